The first-order chi connectivity index (χ1) is 8.70. The third kappa shape index (κ3) is 2.67. The molecule has 1 aromatic carbocycles. The highest BCUT2D eigenvalue weighted by molar-refractivity contribution is 5.88. The van der Waals surface area contributed by atoms with Gasteiger partial charge in [-0.1, -0.05) is 12.1 Å². The van der Waals surface area contributed by atoms with Gasteiger partial charge in [-0.15, -0.1) is 0 Å². The molecule has 0 unspecified atom stereocenters. The van der Waals surface area contributed by atoms with Gasteiger partial charge in [0, 0.05) is 12.6 Å². The second-order valence-corrected chi connectivity index (χ2v) is 3.58. The molecule has 94 valence electrons. The topological polar surface area (TPSA) is 91.6 Å². The molecule has 0 aliphatic carbocycles. The number of carbonyl (C=O) groups is 1. The number of nitrogens with one attached hydrogen (secondary N) is 2. The number of amides is 2. The highest BCUT2D eigenvalue weighted by Crippen LogP contribution is 2.14. The zero-order chi connectivity index (χ0) is 13.0. The van der Waals surface area contributed by atoms with Crippen molar-refractivity contribution in [3.63, 3.8) is 0 Å². The number of anilines is 1. The average molecular weight is 248 g/mol. The lowest BCUT2D eigenvalue weighted by Crippen LogP contribution is -2.31. The first-order valence-corrected chi connectivity index (χ1v) is 5.39. The summed E-state index contributed by atoms with van der Waals surface area (Å²) in [6.45, 7) is -0.0290. The van der Waals surface area contributed by atoms with E-state index in [9.17, 15) is 9.59 Å². The van der Waals surface area contributed by atoms with Crippen LogP contribution in [0, 0.1) is 0 Å². The maximum atomic E-state index is 11.7. The molecule has 0 fully saturated rings. The van der Waals surface area contributed by atoms with Gasteiger partial charge >= 0.3 is 6.03 Å². The molecule has 2 amide bonds. The molecule has 0 bridgehead atoms. The van der Waals surface area contributed by atoms with Crippen molar-refractivity contribution in [1.29, 1.82) is 0 Å². The van der Waals surface area contributed by atoms with E-state index in [1.807, 2.05) is 0 Å². The number of aliphatic hydroxyl groups excluding tert-OH is 1. The maximum Gasteiger partial charge on any atom is 0.321 e. The molecular weight excluding hydrogens is 236 g/mol. The van der Waals surface area contributed by atoms with Gasteiger partial charge in [0.25, 0.3) is 0 Å². The van der Waals surface area contributed by atoms with Crippen LogP contribution < -0.4 is 16.1 Å². The Bertz CT molecular complexity index is 621. The Labute approximate surface area is 102 Å². The highest BCUT2D eigenvalue weighted by Gasteiger charge is 2.06. The molecule has 0 saturated heterocycles. The molecule has 3 N–H and O–H groups in total. The maximum absolute atomic E-state index is 11.7. The summed E-state index contributed by atoms with van der Waals surface area (Å²) in [5.74, 6) is 0.0640. The van der Waals surface area contributed by atoms with Gasteiger partial charge in [-0.05, 0) is 12.1 Å². The third-order valence-electron chi connectivity index (χ3n) is 2.27. The first kappa shape index (κ1) is 12.1. The number of aliphatic hydroxyl groups is 1. The normalized spacial score (nSPS) is 10.3. The summed E-state index contributed by atoms with van der Waals surface area (Å²) in [5, 5.41) is 13.8. The molecule has 0 spiro atoms. The summed E-state index contributed by atoms with van der Waals surface area (Å²) >= 11 is 0. The Balaban J connectivity index is 2.24. The van der Waals surface area contributed by atoms with Crippen molar-refractivity contribution >= 4 is 22.9 Å². The van der Waals surface area contributed by atoms with E-state index in [1.54, 1.807) is 24.3 Å². The van der Waals surface area contributed by atoms with Crippen LogP contribution in [0.5, 0.6) is 0 Å². The van der Waals surface area contributed by atoms with Crippen LogP contribution in [0.25, 0.3) is 11.0 Å². The van der Waals surface area contributed by atoms with Crippen molar-refractivity contribution in [2.45, 2.75) is 0 Å². The molecule has 0 aliphatic heterocycles. The van der Waals surface area contributed by atoms with Crippen LogP contribution in [0.2, 0.25) is 0 Å². The van der Waals surface area contributed by atoms with Gasteiger partial charge in [0.2, 0.25) is 5.88 Å². The smallest absolute Gasteiger partial charge is 0.321 e. The number of hydrogen-bond donors (Lipinski definition) is 3. The van der Waals surface area contributed by atoms with Crippen LogP contribution in [-0.4, -0.2) is 24.3 Å². The van der Waals surface area contributed by atoms with Gasteiger partial charge in [0.15, 0.2) is 5.43 Å². The average Bonchev–Trinajstić information content (AvgIpc) is 2.36. The number of rotatable bonds is 3. The predicted molar refractivity (Wildman–Crippen MR) is 66.6 cm³/mol. The Kier molecular flexibility index (Phi) is 3.59. The molecule has 0 atom stereocenters. The third-order valence-corrected chi connectivity index (χ3v) is 2.27. The Morgan fingerprint density at radius 1 is 1.33 bits per heavy atom. The second-order valence-electron chi connectivity index (χ2n) is 3.58. The van der Waals surface area contributed by atoms with E-state index in [2.05, 4.69) is 10.6 Å². The molecule has 0 radical (unpaired) electrons. The van der Waals surface area contributed by atoms with Crippen molar-refractivity contribution in [1.82, 2.24) is 5.32 Å². The molecule has 2 aromatic rings. The quantitative estimate of drug-likeness (QED) is 0.752. The Hall–Kier alpha value is -2.34. The molecule has 1 aromatic heterocycles. The minimum atomic E-state index is -0.539. The molecule has 0 aliphatic rings. The van der Waals surface area contributed by atoms with Crippen LogP contribution in [0.4, 0.5) is 10.7 Å². The van der Waals surface area contributed by atoms with Crippen LogP contribution >= 0.6 is 0 Å². The summed E-state index contributed by atoms with van der Waals surface area (Å²) in [6.07, 6.45) is 0. The number of hydrogen-bond acceptors (Lipinski definition) is 4. The molecule has 18 heavy (non-hydrogen) atoms. The van der Waals surface area contributed by atoms with Gasteiger partial charge in [-0.2, -0.15) is 0 Å². The van der Waals surface area contributed by atoms with Crippen molar-refractivity contribution in [3.05, 3.63) is 40.6 Å². The molecule has 1 heterocycles. The van der Waals surface area contributed by atoms with Crippen molar-refractivity contribution in [3.8, 4) is 0 Å². The van der Waals surface area contributed by atoms with Crippen molar-refractivity contribution < 1.29 is 14.3 Å². The first-order valence-electron chi connectivity index (χ1n) is 5.39. The van der Waals surface area contributed by atoms with E-state index in [4.69, 9.17) is 9.52 Å². The summed E-state index contributed by atoms with van der Waals surface area (Å²) in [6, 6.07) is 7.44. The molecule has 6 nitrogen and oxygen atoms in total. The van der Waals surface area contributed by atoms with Crippen molar-refractivity contribution in [2.24, 2.45) is 0 Å². The zero-order valence-electron chi connectivity index (χ0n) is 9.47. The fraction of sp³-hybridized carbons (Fsp3) is 0.167. The van der Waals surface area contributed by atoms with Gasteiger partial charge in [0.05, 0.1) is 12.0 Å². The lowest BCUT2D eigenvalue weighted by atomic mass is 10.2. The summed E-state index contributed by atoms with van der Waals surface area (Å²) in [4.78, 5) is 23.0. The second kappa shape index (κ2) is 5.33. The predicted octanol–water partition coefficient (Wildman–Crippen LogP) is 0.907. The van der Waals surface area contributed by atoms with Gasteiger partial charge in [0.1, 0.15) is 5.58 Å². The largest absolute Gasteiger partial charge is 0.440 e. The van der Waals surface area contributed by atoms with E-state index >= 15 is 0 Å². The van der Waals surface area contributed by atoms with Crippen LogP contribution in [0.3, 0.4) is 0 Å². The van der Waals surface area contributed by atoms with E-state index in [-0.39, 0.29) is 24.5 Å². The number of benzene rings is 1. The summed E-state index contributed by atoms with van der Waals surface area (Å²) < 4.78 is 5.36. The minimum absolute atomic E-state index is 0.0640. The lowest BCUT2D eigenvalue weighted by molar-refractivity contribution is 0.244. The van der Waals surface area contributed by atoms with E-state index in [1.165, 1.54) is 6.07 Å². The minimum Gasteiger partial charge on any atom is -0.440 e. The van der Waals surface area contributed by atoms with Gasteiger partial charge in [-0.25, -0.2) is 4.79 Å². The molecule has 0 saturated carbocycles. The summed E-state index contributed by atoms with van der Waals surface area (Å²) in [7, 11) is 0. The molecule has 6 heteroatoms. The van der Waals surface area contributed by atoms with Gasteiger partial charge in [-0.3, -0.25) is 10.1 Å². The molecule has 2 rings (SSSR count). The van der Waals surface area contributed by atoms with Crippen LogP contribution in [0.15, 0.2) is 39.5 Å². The highest BCUT2D eigenvalue weighted by atomic mass is 16.4. The fourth-order valence-electron chi connectivity index (χ4n) is 1.49. The van der Waals surface area contributed by atoms with Gasteiger partial charge < -0.3 is 14.8 Å². The van der Waals surface area contributed by atoms with Crippen LogP contribution in [-0.2, 0) is 0 Å². The van der Waals surface area contributed by atoms with Crippen molar-refractivity contribution in [2.75, 3.05) is 18.5 Å². The lowest BCUT2D eigenvalue weighted by Gasteiger charge is -2.06. The standard InChI is InChI=1S/C12H12N2O4/c15-6-5-13-12(17)14-11-7-9(16)8-3-1-2-4-10(8)18-11/h1-4,7,15H,5-6H2,(H2,13,14,17). The number of carbonyl (C=O) groups excluding carboxylic acids is 1. The Morgan fingerprint density at radius 2 is 2.11 bits per heavy atom. The monoisotopic (exact) mass is 248 g/mol. The number of para-hydroxylation sites is 1. The molecular formula is C12H12N2O4. The van der Waals surface area contributed by atoms with E-state index < -0.39 is 6.03 Å². The zero-order valence-corrected chi connectivity index (χ0v) is 9.47. The fourth-order valence-corrected chi connectivity index (χ4v) is 1.49. The SMILES string of the molecule is O=C(NCCO)Nc1cc(=O)c2ccccc2o1. The van der Waals surface area contributed by atoms with E-state index in [0.717, 1.165) is 0 Å². The van der Waals surface area contributed by atoms with E-state index in [0.29, 0.717) is 11.0 Å². The number of fused-ring (bicyclic) bond motifs is 1. The Morgan fingerprint density at radius 3 is 2.89 bits per heavy atom. The number of urea groups is 1. The summed E-state index contributed by atoms with van der Waals surface area (Å²) in [5.41, 5.74) is 0.178. The van der Waals surface area contributed by atoms with Crippen LogP contribution in [0.1, 0.15) is 0 Å².